The zero-order valence-corrected chi connectivity index (χ0v) is 18.8. The number of aromatic amines is 1. The first-order valence-corrected chi connectivity index (χ1v) is 11.2. The molecule has 8 heteroatoms. The highest BCUT2D eigenvalue weighted by Gasteiger charge is 2.23. The summed E-state index contributed by atoms with van der Waals surface area (Å²) in [4.78, 5) is 14.6. The molecule has 1 aromatic carbocycles. The molecule has 1 fully saturated rings. The number of pyridine rings is 1. The van der Waals surface area contributed by atoms with Crippen LogP contribution in [0.2, 0.25) is 15.2 Å². The predicted molar refractivity (Wildman–Crippen MR) is 124 cm³/mol. The largest absolute Gasteiger partial charge is 0.488 e. The van der Waals surface area contributed by atoms with E-state index in [0.717, 1.165) is 49.4 Å². The van der Waals surface area contributed by atoms with Crippen LogP contribution in [-0.2, 0) is 6.42 Å². The van der Waals surface area contributed by atoms with Crippen LogP contribution in [-0.4, -0.2) is 34.6 Å². The summed E-state index contributed by atoms with van der Waals surface area (Å²) in [7, 11) is 0. The normalized spacial score (nSPS) is 16.8. The number of nitrogens with one attached hydrogen (secondary N) is 1. The van der Waals surface area contributed by atoms with Gasteiger partial charge >= 0.3 is 0 Å². The third-order valence-corrected chi connectivity index (χ3v) is 6.08. The van der Waals surface area contributed by atoms with Gasteiger partial charge in [-0.25, -0.2) is 4.98 Å². The van der Waals surface area contributed by atoms with Gasteiger partial charge in [0.15, 0.2) is 5.65 Å². The van der Waals surface area contributed by atoms with E-state index in [1.54, 1.807) is 18.2 Å². The smallest absolute Gasteiger partial charge is 0.205 e. The third kappa shape index (κ3) is 4.85. The lowest BCUT2D eigenvalue weighted by molar-refractivity contribution is 0.353. The number of ether oxygens (including phenoxy) is 1. The Morgan fingerprint density at radius 3 is 2.93 bits per heavy atom. The summed E-state index contributed by atoms with van der Waals surface area (Å²) >= 11 is 18.6. The van der Waals surface area contributed by atoms with Gasteiger partial charge in [0.25, 0.3) is 0 Å². The van der Waals surface area contributed by atoms with E-state index < -0.39 is 0 Å². The van der Waals surface area contributed by atoms with Crippen LogP contribution in [0.15, 0.2) is 36.9 Å². The Kier molecular flexibility index (Phi) is 6.71. The number of aryl methyl sites for hydroxylation is 1. The highest BCUT2D eigenvalue weighted by molar-refractivity contribution is 6.35. The molecule has 30 heavy (non-hydrogen) atoms. The van der Waals surface area contributed by atoms with Crippen molar-refractivity contribution in [1.29, 1.82) is 0 Å². The topological polar surface area (TPSA) is 54.0 Å². The molecule has 0 amide bonds. The van der Waals surface area contributed by atoms with E-state index in [9.17, 15) is 0 Å². The monoisotopic (exact) mass is 464 g/mol. The minimum atomic E-state index is 0.412. The Bertz CT molecular complexity index is 1050. The van der Waals surface area contributed by atoms with Gasteiger partial charge < -0.3 is 14.6 Å². The van der Waals surface area contributed by atoms with Crippen molar-refractivity contribution in [2.45, 2.75) is 25.7 Å². The summed E-state index contributed by atoms with van der Waals surface area (Å²) in [6.07, 6.45) is 5.87. The van der Waals surface area contributed by atoms with Crippen LogP contribution in [0, 0.1) is 5.92 Å². The molecule has 5 nitrogen and oxygen atoms in total. The molecule has 1 N–H and O–H groups in total. The average molecular weight is 466 g/mol. The Hall–Kier alpha value is -1.95. The first-order valence-electron chi connectivity index (χ1n) is 10.0. The molecular formula is C22H23Cl3N4O. The highest BCUT2D eigenvalue weighted by atomic mass is 35.5. The van der Waals surface area contributed by atoms with Gasteiger partial charge in [-0.15, -0.1) is 0 Å². The molecule has 0 unspecified atom stereocenters. The van der Waals surface area contributed by atoms with Crippen LogP contribution >= 0.6 is 34.8 Å². The molecule has 2 aromatic heterocycles. The summed E-state index contributed by atoms with van der Waals surface area (Å²) < 4.78 is 5.79. The molecule has 1 aliphatic heterocycles. The molecule has 0 saturated carbocycles. The number of halogens is 3. The fourth-order valence-electron chi connectivity index (χ4n) is 3.96. The fraction of sp³-hybridized carbons (Fsp3) is 0.364. The summed E-state index contributed by atoms with van der Waals surface area (Å²) in [6, 6.07) is 7.35. The number of anilines is 1. The van der Waals surface area contributed by atoms with E-state index in [2.05, 4.69) is 26.4 Å². The molecule has 3 heterocycles. The molecule has 158 valence electrons. The number of hydrogen-bond acceptors (Lipinski definition) is 4. The van der Waals surface area contributed by atoms with E-state index in [4.69, 9.17) is 39.5 Å². The molecule has 1 saturated heterocycles. The van der Waals surface area contributed by atoms with Gasteiger partial charge in [0.2, 0.25) is 5.95 Å². The van der Waals surface area contributed by atoms with Crippen LogP contribution < -0.4 is 9.64 Å². The standard InChI is InChI=1S/C22H23Cl3N4O/c1-2-10-30-20-15(11-16(23)12-17(20)24)6-5-14-4-3-9-29(13-14)22-26-18-7-8-19(25)27-21(18)28-22/h2,7-8,11-12,14H,1,3-6,9-10,13H2,(H,26,27,28)/t14-/m1/s1. The zero-order valence-electron chi connectivity index (χ0n) is 16.5. The highest BCUT2D eigenvalue weighted by Crippen LogP contribution is 2.35. The van der Waals surface area contributed by atoms with Crippen molar-refractivity contribution >= 4 is 51.9 Å². The number of aromatic nitrogens is 3. The number of imidazole rings is 1. The zero-order chi connectivity index (χ0) is 21.1. The molecule has 0 spiro atoms. The number of piperidine rings is 1. The molecule has 0 bridgehead atoms. The van der Waals surface area contributed by atoms with Crippen LogP contribution in [0.25, 0.3) is 11.2 Å². The van der Waals surface area contributed by atoms with Crippen molar-refractivity contribution in [3.8, 4) is 5.75 Å². The quantitative estimate of drug-likeness (QED) is 0.327. The minimum absolute atomic E-state index is 0.412. The molecule has 3 aromatic rings. The number of rotatable bonds is 7. The first kappa shape index (κ1) is 21.3. The Morgan fingerprint density at radius 1 is 1.23 bits per heavy atom. The van der Waals surface area contributed by atoms with Crippen molar-refractivity contribution in [1.82, 2.24) is 15.0 Å². The van der Waals surface area contributed by atoms with Crippen molar-refractivity contribution in [3.05, 3.63) is 57.7 Å². The second-order valence-corrected chi connectivity index (χ2v) is 8.76. The summed E-state index contributed by atoms with van der Waals surface area (Å²) in [5.74, 6) is 2.09. The molecule has 0 aliphatic carbocycles. The van der Waals surface area contributed by atoms with E-state index in [0.29, 0.717) is 39.1 Å². The van der Waals surface area contributed by atoms with Crippen LogP contribution in [0.4, 0.5) is 5.95 Å². The average Bonchev–Trinajstić information content (AvgIpc) is 3.15. The Labute approximate surface area is 191 Å². The minimum Gasteiger partial charge on any atom is -0.488 e. The first-order chi connectivity index (χ1) is 14.5. The summed E-state index contributed by atoms with van der Waals surface area (Å²) in [6.45, 7) is 6.03. The number of fused-ring (bicyclic) bond motifs is 1. The van der Waals surface area contributed by atoms with Gasteiger partial charge in [-0.2, -0.15) is 4.98 Å². The maximum absolute atomic E-state index is 6.37. The van der Waals surface area contributed by atoms with Gasteiger partial charge in [-0.3, -0.25) is 0 Å². The number of H-pyrrole nitrogens is 1. The summed E-state index contributed by atoms with van der Waals surface area (Å²) in [5.41, 5.74) is 2.58. The predicted octanol–water partition coefficient (Wildman–Crippen LogP) is 6.33. The van der Waals surface area contributed by atoms with Crippen LogP contribution in [0.5, 0.6) is 5.75 Å². The Morgan fingerprint density at radius 2 is 2.10 bits per heavy atom. The second-order valence-electron chi connectivity index (χ2n) is 7.53. The van der Waals surface area contributed by atoms with E-state index >= 15 is 0 Å². The third-order valence-electron chi connectivity index (χ3n) is 5.37. The van der Waals surface area contributed by atoms with Gasteiger partial charge in [-0.05, 0) is 61.4 Å². The maximum Gasteiger partial charge on any atom is 0.205 e. The lowest BCUT2D eigenvalue weighted by Gasteiger charge is -2.32. The van der Waals surface area contributed by atoms with Crippen LogP contribution in [0.1, 0.15) is 24.8 Å². The molecular weight excluding hydrogens is 443 g/mol. The van der Waals surface area contributed by atoms with Gasteiger partial charge in [-0.1, -0.05) is 47.5 Å². The lowest BCUT2D eigenvalue weighted by Crippen LogP contribution is -2.36. The second kappa shape index (κ2) is 9.46. The molecule has 1 aliphatic rings. The molecule has 1 atom stereocenters. The number of hydrogen-bond donors (Lipinski definition) is 1. The Balaban J connectivity index is 1.45. The SMILES string of the molecule is C=CCOc1c(Cl)cc(Cl)cc1CC[C@H]1CCCN(c2nc3nc(Cl)ccc3[nH]2)C1. The van der Waals surface area contributed by atoms with Gasteiger partial charge in [0, 0.05) is 18.1 Å². The molecule has 4 rings (SSSR count). The van der Waals surface area contributed by atoms with Crippen molar-refractivity contribution in [3.63, 3.8) is 0 Å². The molecule has 0 radical (unpaired) electrons. The van der Waals surface area contributed by atoms with Crippen molar-refractivity contribution in [2.24, 2.45) is 5.92 Å². The van der Waals surface area contributed by atoms with Crippen LogP contribution in [0.3, 0.4) is 0 Å². The van der Waals surface area contributed by atoms with E-state index in [1.807, 2.05) is 12.1 Å². The van der Waals surface area contributed by atoms with E-state index in [1.165, 1.54) is 6.42 Å². The van der Waals surface area contributed by atoms with E-state index in [-0.39, 0.29) is 0 Å². The number of benzene rings is 1. The van der Waals surface area contributed by atoms with Crippen molar-refractivity contribution in [2.75, 3.05) is 24.6 Å². The van der Waals surface area contributed by atoms with Gasteiger partial charge in [0.05, 0.1) is 10.5 Å². The maximum atomic E-state index is 6.37. The number of nitrogens with zero attached hydrogens (tertiary/aromatic N) is 3. The van der Waals surface area contributed by atoms with Gasteiger partial charge in [0.1, 0.15) is 17.5 Å². The summed E-state index contributed by atoms with van der Waals surface area (Å²) in [5, 5.41) is 1.62. The van der Waals surface area contributed by atoms with Crippen molar-refractivity contribution < 1.29 is 4.74 Å². The lowest BCUT2D eigenvalue weighted by atomic mass is 9.91. The fourth-order valence-corrected chi connectivity index (χ4v) is 4.70.